The van der Waals surface area contributed by atoms with Gasteiger partial charge in [-0.05, 0) is 29.7 Å². The number of carbonyl (C=O) groups is 1. The van der Waals surface area contributed by atoms with Crippen molar-refractivity contribution in [3.8, 4) is 0 Å². The van der Waals surface area contributed by atoms with E-state index < -0.39 is 21.8 Å². The summed E-state index contributed by atoms with van der Waals surface area (Å²) in [6.07, 6.45) is 1.92. The van der Waals surface area contributed by atoms with Crippen LogP contribution in [0.4, 0.5) is 0 Å². The van der Waals surface area contributed by atoms with E-state index in [0.29, 0.717) is 12.1 Å². The molecule has 1 aromatic rings. The molecule has 0 aliphatic carbocycles. The van der Waals surface area contributed by atoms with Crippen molar-refractivity contribution in [2.24, 2.45) is 0 Å². The molecule has 98 valence electrons. The van der Waals surface area contributed by atoms with E-state index in [0.717, 1.165) is 18.2 Å². The molecule has 0 amide bonds. The molecule has 1 N–H and O–H groups in total. The van der Waals surface area contributed by atoms with Crippen LogP contribution in [0, 0.1) is 0 Å². The number of methoxy groups -OCH3 is 1. The smallest absolute Gasteiger partial charge is 0.327 e. The molecule has 1 heterocycles. The molecule has 1 atom stereocenters. The summed E-state index contributed by atoms with van der Waals surface area (Å²) >= 11 is 0. The summed E-state index contributed by atoms with van der Waals surface area (Å²) < 4.78 is 27.8. The maximum Gasteiger partial charge on any atom is 0.327 e. The highest BCUT2D eigenvalue weighted by Gasteiger charge is 2.27. The predicted molar refractivity (Wildman–Crippen MR) is 66.0 cm³/mol. The molecule has 0 aromatic heterocycles. The molecule has 6 heteroatoms. The molecule has 0 saturated heterocycles. The molecule has 2 rings (SSSR count). The summed E-state index contributed by atoms with van der Waals surface area (Å²) in [5, 5.41) is 3.04. The van der Waals surface area contributed by atoms with Crippen molar-refractivity contribution in [3.63, 3.8) is 0 Å². The first-order chi connectivity index (χ1) is 8.43. The molecule has 0 saturated carbocycles. The van der Waals surface area contributed by atoms with Crippen molar-refractivity contribution in [2.75, 3.05) is 19.9 Å². The van der Waals surface area contributed by atoms with E-state index in [4.69, 9.17) is 4.74 Å². The number of sulfone groups is 1. The topological polar surface area (TPSA) is 72.5 Å². The predicted octanol–water partition coefficient (Wildman–Crippen LogP) is 0.450. The maximum absolute atomic E-state index is 11.7. The number of ether oxygens (including phenoxy) is 1. The van der Waals surface area contributed by atoms with Gasteiger partial charge in [-0.25, -0.2) is 13.2 Å². The zero-order valence-corrected chi connectivity index (χ0v) is 11.1. The van der Waals surface area contributed by atoms with Gasteiger partial charge in [-0.15, -0.1) is 0 Å². The molecular formula is C12H15NO4S. The van der Waals surface area contributed by atoms with Gasteiger partial charge < -0.3 is 10.1 Å². The second-order valence-electron chi connectivity index (χ2n) is 4.29. The molecule has 5 nitrogen and oxygen atoms in total. The quantitative estimate of drug-likeness (QED) is 0.789. The van der Waals surface area contributed by atoms with Crippen molar-refractivity contribution in [1.29, 1.82) is 0 Å². The van der Waals surface area contributed by atoms with E-state index in [1.54, 1.807) is 18.2 Å². The number of fused-ring (bicyclic) bond motifs is 1. The zero-order valence-electron chi connectivity index (χ0n) is 10.3. The third-order valence-corrected chi connectivity index (χ3v) is 4.15. The molecule has 18 heavy (non-hydrogen) atoms. The van der Waals surface area contributed by atoms with Crippen LogP contribution in [0.5, 0.6) is 0 Å². The molecule has 0 radical (unpaired) electrons. The second kappa shape index (κ2) is 4.70. The molecular weight excluding hydrogens is 254 g/mol. The van der Waals surface area contributed by atoms with Crippen LogP contribution in [0.25, 0.3) is 0 Å². The van der Waals surface area contributed by atoms with Gasteiger partial charge in [-0.2, -0.15) is 0 Å². The number of nitrogens with one attached hydrogen (secondary N) is 1. The highest BCUT2D eigenvalue weighted by Crippen LogP contribution is 2.26. The third-order valence-electron chi connectivity index (χ3n) is 3.04. The van der Waals surface area contributed by atoms with Crippen molar-refractivity contribution in [1.82, 2.24) is 5.32 Å². The van der Waals surface area contributed by atoms with Crippen molar-refractivity contribution in [3.05, 3.63) is 29.3 Å². The normalized spacial score (nSPS) is 19.1. The first kappa shape index (κ1) is 13.0. The van der Waals surface area contributed by atoms with Gasteiger partial charge in [0.25, 0.3) is 0 Å². The van der Waals surface area contributed by atoms with Crippen molar-refractivity contribution >= 4 is 15.8 Å². The molecule has 0 spiro atoms. The molecule has 0 bridgehead atoms. The Morgan fingerprint density at radius 1 is 1.44 bits per heavy atom. The number of rotatable bonds is 2. The number of hydrogen-bond acceptors (Lipinski definition) is 5. The Hall–Kier alpha value is -1.40. The average molecular weight is 269 g/mol. The zero-order chi connectivity index (χ0) is 13.3. The molecule has 0 fully saturated rings. The van der Waals surface area contributed by atoms with Crippen LogP contribution < -0.4 is 5.32 Å². The number of carbonyl (C=O) groups excluding carboxylic acids is 1. The third kappa shape index (κ3) is 2.39. The van der Waals surface area contributed by atoms with Gasteiger partial charge in [-0.3, -0.25) is 0 Å². The van der Waals surface area contributed by atoms with Crippen LogP contribution in [0.2, 0.25) is 0 Å². The lowest BCUT2D eigenvalue weighted by Crippen LogP contribution is -2.35. The SMILES string of the molecule is COC(=O)C1NCCc2ccc(S(C)(=O)=O)cc21. The maximum atomic E-state index is 11.7. The summed E-state index contributed by atoms with van der Waals surface area (Å²) in [7, 11) is -1.95. The first-order valence-corrected chi connectivity index (χ1v) is 7.46. The van der Waals surface area contributed by atoms with Crippen molar-refractivity contribution < 1.29 is 17.9 Å². The average Bonchev–Trinajstić information content (AvgIpc) is 2.35. The van der Waals surface area contributed by atoms with Gasteiger partial charge >= 0.3 is 5.97 Å². The molecule has 1 unspecified atom stereocenters. The molecule has 1 aliphatic rings. The lowest BCUT2D eigenvalue weighted by Gasteiger charge is -2.25. The Bertz CT molecular complexity index is 580. The summed E-state index contributed by atoms with van der Waals surface area (Å²) in [6, 6.07) is 4.31. The summed E-state index contributed by atoms with van der Waals surface area (Å²) in [6.45, 7) is 0.672. The fourth-order valence-corrected chi connectivity index (χ4v) is 2.75. The van der Waals surface area contributed by atoms with Crippen LogP contribution in [0.1, 0.15) is 17.2 Å². The van der Waals surface area contributed by atoms with Gasteiger partial charge in [-0.1, -0.05) is 6.07 Å². The fraction of sp³-hybridized carbons (Fsp3) is 0.417. The van der Waals surface area contributed by atoms with Gasteiger partial charge in [0.2, 0.25) is 0 Å². The van der Waals surface area contributed by atoms with E-state index in [2.05, 4.69) is 5.32 Å². The van der Waals surface area contributed by atoms with E-state index in [9.17, 15) is 13.2 Å². The van der Waals surface area contributed by atoms with Crippen LogP contribution in [0.15, 0.2) is 23.1 Å². The van der Waals surface area contributed by atoms with Gasteiger partial charge in [0, 0.05) is 12.8 Å². The first-order valence-electron chi connectivity index (χ1n) is 5.57. The van der Waals surface area contributed by atoms with Crippen molar-refractivity contribution in [2.45, 2.75) is 17.4 Å². The van der Waals surface area contributed by atoms with Gasteiger partial charge in [0.05, 0.1) is 12.0 Å². The largest absolute Gasteiger partial charge is 0.468 e. The standard InChI is InChI=1S/C12H15NO4S/c1-17-12(14)11-10-7-9(18(2,15)16)4-3-8(10)5-6-13-11/h3-4,7,11,13H,5-6H2,1-2H3. The van der Waals surface area contributed by atoms with Gasteiger partial charge in [0.15, 0.2) is 9.84 Å². The minimum absolute atomic E-state index is 0.221. The monoisotopic (exact) mass is 269 g/mol. The van der Waals surface area contributed by atoms with Gasteiger partial charge in [0.1, 0.15) is 6.04 Å². The number of hydrogen-bond donors (Lipinski definition) is 1. The van der Waals surface area contributed by atoms with Crippen LogP contribution in [-0.2, 0) is 25.8 Å². The highest BCUT2D eigenvalue weighted by atomic mass is 32.2. The highest BCUT2D eigenvalue weighted by molar-refractivity contribution is 7.90. The van der Waals surface area contributed by atoms with E-state index >= 15 is 0 Å². The lowest BCUT2D eigenvalue weighted by atomic mass is 9.94. The van der Waals surface area contributed by atoms with Crippen LogP contribution in [-0.4, -0.2) is 34.3 Å². The van der Waals surface area contributed by atoms with Crippen LogP contribution in [0.3, 0.4) is 0 Å². The van der Waals surface area contributed by atoms with E-state index in [1.165, 1.54) is 7.11 Å². The fourth-order valence-electron chi connectivity index (χ4n) is 2.09. The number of benzene rings is 1. The minimum atomic E-state index is -3.27. The molecule has 1 aliphatic heterocycles. The lowest BCUT2D eigenvalue weighted by molar-refractivity contribution is -0.143. The number of esters is 1. The van der Waals surface area contributed by atoms with Crippen LogP contribution >= 0.6 is 0 Å². The van der Waals surface area contributed by atoms with E-state index in [1.807, 2.05) is 0 Å². The summed E-state index contributed by atoms with van der Waals surface area (Å²) in [4.78, 5) is 11.9. The summed E-state index contributed by atoms with van der Waals surface area (Å²) in [5.41, 5.74) is 1.67. The second-order valence-corrected chi connectivity index (χ2v) is 6.31. The summed E-state index contributed by atoms with van der Waals surface area (Å²) in [5.74, 6) is -0.401. The Morgan fingerprint density at radius 3 is 2.78 bits per heavy atom. The minimum Gasteiger partial charge on any atom is -0.468 e. The Morgan fingerprint density at radius 2 is 2.17 bits per heavy atom. The Labute approximate surface area is 106 Å². The Balaban J connectivity index is 2.51. The van der Waals surface area contributed by atoms with E-state index in [-0.39, 0.29) is 4.90 Å². The Kier molecular flexibility index (Phi) is 3.41. The molecule has 1 aromatic carbocycles.